The summed E-state index contributed by atoms with van der Waals surface area (Å²) in [5, 5.41) is 5.71. The number of nitrogens with zero attached hydrogens (tertiary/aromatic N) is 4. The monoisotopic (exact) mass is 346 g/mol. The average molecular weight is 347 g/mol. The lowest BCUT2D eigenvalue weighted by Crippen LogP contribution is -3.09. The van der Waals surface area contributed by atoms with E-state index in [2.05, 4.69) is 36.3 Å². The molecule has 23 heavy (non-hydrogen) atoms. The highest BCUT2D eigenvalue weighted by molar-refractivity contribution is 7.71. The molecule has 3 heterocycles. The number of hydrogen-bond acceptors (Lipinski definition) is 4. The number of aromatic nitrogens is 4. The van der Waals surface area contributed by atoms with Crippen LogP contribution in [-0.2, 0) is 13.2 Å². The number of quaternary nitrogens is 1. The van der Waals surface area contributed by atoms with Crippen molar-refractivity contribution in [1.29, 1.82) is 0 Å². The predicted molar refractivity (Wildman–Crippen MR) is 94.1 cm³/mol. The minimum atomic E-state index is 0.459. The summed E-state index contributed by atoms with van der Waals surface area (Å²) in [6.07, 6.45) is 4.26. The summed E-state index contributed by atoms with van der Waals surface area (Å²) in [5.74, 6) is 0. The highest BCUT2D eigenvalue weighted by Gasteiger charge is 2.33. The van der Waals surface area contributed by atoms with Crippen LogP contribution < -0.4 is 4.90 Å². The first-order valence-corrected chi connectivity index (χ1v) is 9.31. The van der Waals surface area contributed by atoms with Crippen LogP contribution in [0, 0.1) is 4.77 Å². The summed E-state index contributed by atoms with van der Waals surface area (Å²) >= 11 is 7.33. The molecule has 2 atom stereocenters. The van der Waals surface area contributed by atoms with Crippen LogP contribution in [0.5, 0.6) is 0 Å². The molecular weight excluding hydrogens is 326 g/mol. The number of fused-ring (bicyclic) bond motifs is 1. The third-order valence-electron chi connectivity index (χ3n) is 4.58. The first-order chi connectivity index (χ1) is 11.3. The van der Waals surface area contributed by atoms with Gasteiger partial charge in [0.1, 0.15) is 12.4 Å². The first-order valence-electron chi connectivity index (χ1n) is 8.08. The Morgan fingerprint density at radius 3 is 3.04 bits per heavy atom. The molecule has 2 aromatic heterocycles. The van der Waals surface area contributed by atoms with Crippen LogP contribution in [0.15, 0.2) is 30.6 Å². The van der Waals surface area contributed by atoms with Gasteiger partial charge in [-0.25, -0.2) is 4.98 Å². The van der Waals surface area contributed by atoms with E-state index in [1.807, 2.05) is 26.9 Å². The molecule has 5 nitrogen and oxygen atoms in total. The standard InChI is InChI=1S/C16H19N5S2/c1-2-19-10-17-21(16(19)22)11-20-9-5-7-13(20)15-18-12-6-3-4-8-14(12)23-15/h3-4,6,8,10,13H,2,5,7,9,11H2,1H3/p+1/t13-/m1/s1. The summed E-state index contributed by atoms with van der Waals surface area (Å²) < 4.78 is 6.06. The van der Waals surface area contributed by atoms with Gasteiger partial charge in [0.05, 0.1) is 16.8 Å². The van der Waals surface area contributed by atoms with Gasteiger partial charge in [-0.15, -0.1) is 11.3 Å². The predicted octanol–water partition coefficient (Wildman–Crippen LogP) is 2.42. The average Bonchev–Trinajstić information content (AvgIpc) is 3.26. The van der Waals surface area contributed by atoms with Crippen molar-refractivity contribution in [2.24, 2.45) is 0 Å². The largest absolute Gasteiger partial charge is 0.308 e. The molecule has 7 heteroatoms. The summed E-state index contributed by atoms with van der Waals surface area (Å²) in [4.78, 5) is 6.38. The lowest BCUT2D eigenvalue weighted by Gasteiger charge is -2.19. The fourth-order valence-corrected chi connectivity index (χ4v) is 4.78. The van der Waals surface area contributed by atoms with E-state index < -0.39 is 0 Å². The number of likely N-dealkylation sites (tertiary alicyclic amines) is 1. The first kappa shape index (κ1) is 15.0. The van der Waals surface area contributed by atoms with Gasteiger partial charge in [0.15, 0.2) is 11.7 Å². The van der Waals surface area contributed by atoms with E-state index in [1.54, 1.807) is 0 Å². The zero-order valence-corrected chi connectivity index (χ0v) is 14.7. The van der Waals surface area contributed by atoms with Gasteiger partial charge in [0, 0.05) is 19.4 Å². The lowest BCUT2D eigenvalue weighted by atomic mass is 10.2. The molecule has 0 spiro atoms. The minimum Gasteiger partial charge on any atom is -0.308 e. The van der Waals surface area contributed by atoms with Crippen LogP contribution in [-0.4, -0.2) is 25.9 Å². The van der Waals surface area contributed by atoms with E-state index in [9.17, 15) is 0 Å². The van der Waals surface area contributed by atoms with Crippen molar-refractivity contribution in [1.82, 2.24) is 19.3 Å². The maximum atomic E-state index is 5.50. The van der Waals surface area contributed by atoms with Crippen molar-refractivity contribution in [3.05, 3.63) is 40.4 Å². The molecule has 0 radical (unpaired) electrons. The van der Waals surface area contributed by atoms with Crippen LogP contribution in [0.3, 0.4) is 0 Å². The molecule has 1 aliphatic rings. The number of hydrogen-bond donors (Lipinski definition) is 1. The van der Waals surface area contributed by atoms with Crippen molar-refractivity contribution in [2.45, 2.75) is 39.0 Å². The molecule has 3 aromatic rings. The molecule has 1 unspecified atom stereocenters. The Bertz CT molecular complexity index is 845. The number of nitrogens with one attached hydrogen (secondary N) is 1. The van der Waals surface area contributed by atoms with Crippen molar-refractivity contribution in [3.8, 4) is 0 Å². The molecule has 0 amide bonds. The Hall–Kier alpha value is -1.57. The SMILES string of the molecule is CCn1cnn(C[NH+]2CCC[C@@H]2c2nc3ccccc3s2)c1=S. The Kier molecular flexibility index (Phi) is 4.00. The van der Waals surface area contributed by atoms with Gasteiger partial charge in [0.2, 0.25) is 4.77 Å². The van der Waals surface area contributed by atoms with Gasteiger partial charge >= 0.3 is 0 Å². The maximum Gasteiger partial charge on any atom is 0.202 e. The Morgan fingerprint density at radius 1 is 1.39 bits per heavy atom. The van der Waals surface area contributed by atoms with Crippen LogP contribution in [0.25, 0.3) is 10.2 Å². The fraction of sp³-hybridized carbons (Fsp3) is 0.438. The molecule has 1 N–H and O–H groups in total. The Balaban J connectivity index is 1.61. The molecule has 0 saturated carbocycles. The van der Waals surface area contributed by atoms with Gasteiger partial charge in [0.25, 0.3) is 0 Å². The second-order valence-electron chi connectivity index (χ2n) is 5.98. The van der Waals surface area contributed by atoms with Crippen LogP contribution >= 0.6 is 23.6 Å². The van der Waals surface area contributed by atoms with Gasteiger partial charge in [-0.2, -0.15) is 9.78 Å². The normalized spacial score (nSPS) is 21.3. The van der Waals surface area contributed by atoms with Crippen LogP contribution in [0.2, 0.25) is 0 Å². The third-order valence-corrected chi connectivity index (χ3v) is 6.18. The molecule has 0 bridgehead atoms. The Morgan fingerprint density at radius 2 is 2.26 bits per heavy atom. The minimum absolute atomic E-state index is 0.459. The van der Waals surface area contributed by atoms with E-state index in [0.717, 1.165) is 30.0 Å². The molecule has 4 rings (SSSR count). The summed E-state index contributed by atoms with van der Waals surface area (Å²) in [7, 11) is 0. The quantitative estimate of drug-likeness (QED) is 0.738. The van der Waals surface area contributed by atoms with Crippen molar-refractivity contribution in [2.75, 3.05) is 6.54 Å². The number of thiazole rings is 1. The molecule has 1 aromatic carbocycles. The molecule has 1 saturated heterocycles. The maximum absolute atomic E-state index is 5.50. The highest BCUT2D eigenvalue weighted by atomic mass is 32.1. The second-order valence-corrected chi connectivity index (χ2v) is 7.41. The van der Waals surface area contributed by atoms with Gasteiger partial charge in [-0.3, -0.25) is 0 Å². The summed E-state index contributed by atoms with van der Waals surface area (Å²) in [6, 6.07) is 8.86. The number of para-hydroxylation sites is 1. The topological polar surface area (TPSA) is 40.1 Å². The number of benzene rings is 1. The zero-order chi connectivity index (χ0) is 15.8. The molecular formula is C16H20N5S2+. The van der Waals surface area contributed by atoms with Crippen molar-refractivity contribution < 1.29 is 4.90 Å². The van der Waals surface area contributed by atoms with E-state index in [4.69, 9.17) is 17.2 Å². The lowest BCUT2D eigenvalue weighted by molar-refractivity contribution is -0.941. The van der Waals surface area contributed by atoms with Gasteiger partial charge in [-0.05, 0) is 31.3 Å². The molecule has 1 aliphatic heterocycles. The smallest absolute Gasteiger partial charge is 0.202 e. The van der Waals surface area contributed by atoms with Crippen molar-refractivity contribution >= 4 is 33.8 Å². The Labute approximate surface area is 144 Å². The van der Waals surface area contributed by atoms with Gasteiger partial charge < -0.3 is 9.47 Å². The summed E-state index contributed by atoms with van der Waals surface area (Å²) in [6.45, 7) is 4.94. The van der Waals surface area contributed by atoms with E-state index >= 15 is 0 Å². The zero-order valence-electron chi connectivity index (χ0n) is 13.1. The number of aryl methyl sites for hydroxylation is 1. The van der Waals surface area contributed by atoms with Crippen LogP contribution in [0.4, 0.5) is 0 Å². The molecule has 120 valence electrons. The van der Waals surface area contributed by atoms with Crippen LogP contribution in [0.1, 0.15) is 30.8 Å². The van der Waals surface area contributed by atoms with Gasteiger partial charge in [-0.1, -0.05) is 12.1 Å². The second kappa shape index (κ2) is 6.14. The third kappa shape index (κ3) is 2.73. The molecule has 1 fully saturated rings. The van der Waals surface area contributed by atoms with E-state index in [-0.39, 0.29) is 0 Å². The molecule has 0 aliphatic carbocycles. The number of rotatable bonds is 4. The van der Waals surface area contributed by atoms with Crippen molar-refractivity contribution in [3.63, 3.8) is 0 Å². The summed E-state index contributed by atoms with van der Waals surface area (Å²) in [5.41, 5.74) is 1.12. The fourth-order valence-electron chi connectivity index (χ4n) is 3.33. The highest BCUT2D eigenvalue weighted by Crippen LogP contribution is 2.28. The van der Waals surface area contributed by atoms with E-state index in [1.165, 1.54) is 27.4 Å². The van der Waals surface area contributed by atoms with E-state index in [0.29, 0.717) is 6.04 Å².